The molecule has 6 nitrogen and oxygen atoms in total. The minimum absolute atomic E-state index is 0.244. The summed E-state index contributed by atoms with van der Waals surface area (Å²) in [4.78, 5) is 9.85. The molecule has 0 amide bonds. The number of aliphatic imine (C=N–C) groups is 1. The van der Waals surface area contributed by atoms with Crippen molar-refractivity contribution in [1.82, 2.24) is 15.1 Å². The Morgan fingerprint density at radius 1 is 1.21 bits per heavy atom. The summed E-state index contributed by atoms with van der Waals surface area (Å²) in [5, 5.41) is 3.45. The van der Waals surface area contributed by atoms with Crippen LogP contribution in [0.15, 0.2) is 4.99 Å². The van der Waals surface area contributed by atoms with Gasteiger partial charge in [0.25, 0.3) is 0 Å². The van der Waals surface area contributed by atoms with Crippen LogP contribution in [0.25, 0.3) is 0 Å². The molecule has 138 valence electrons. The van der Waals surface area contributed by atoms with Gasteiger partial charge in [-0.05, 0) is 46.1 Å². The molecular formula is C18H34N4O2. The molecule has 3 aliphatic heterocycles. The number of nitrogens with zero attached hydrogens (tertiary/aromatic N) is 3. The van der Waals surface area contributed by atoms with E-state index in [2.05, 4.69) is 29.0 Å². The predicted molar refractivity (Wildman–Crippen MR) is 96.5 cm³/mol. The highest BCUT2D eigenvalue weighted by atomic mass is 16.5. The lowest BCUT2D eigenvalue weighted by atomic mass is 10.1. The first-order valence-electron chi connectivity index (χ1n) is 9.80. The van der Waals surface area contributed by atoms with Crippen LogP contribution in [0.1, 0.15) is 39.5 Å². The summed E-state index contributed by atoms with van der Waals surface area (Å²) >= 11 is 0. The number of morpholine rings is 1. The van der Waals surface area contributed by atoms with Crippen LogP contribution in [0.4, 0.5) is 0 Å². The smallest absolute Gasteiger partial charge is 0.194 e. The summed E-state index contributed by atoms with van der Waals surface area (Å²) in [5.41, 5.74) is 0. The molecule has 0 bridgehead atoms. The van der Waals surface area contributed by atoms with Gasteiger partial charge in [0.15, 0.2) is 5.96 Å². The van der Waals surface area contributed by atoms with Crippen molar-refractivity contribution in [3.8, 4) is 0 Å². The number of hydrogen-bond acceptors (Lipinski definition) is 4. The minimum Gasteiger partial charge on any atom is -0.378 e. The Bertz CT molecular complexity index is 410. The van der Waals surface area contributed by atoms with E-state index >= 15 is 0 Å². The van der Waals surface area contributed by atoms with E-state index in [9.17, 15) is 0 Å². The molecule has 3 rings (SSSR count). The normalized spacial score (nSPS) is 29.8. The topological polar surface area (TPSA) is 49.3 Å². The fourth-order valence-corrected chi connectivity index (χ4v) is 4.08. The van der Waals surface area contributed by atoms with Crippen LogP contribution in [0.5, 0.6) is 0 Å². The van der Waals surface area contributed by atoms with Crippen LogP contribution in [0, 0.1) is 0 Å². The highest BCUT2D eigenvalue weighted by molar-refractivity contribution is 5.80. The monoisotopic (exact) mass is 338 g/mol. The van der Waals surface area contributed by atoms with Crippen molar-refractivity contribution in [2.24, 2.45) is 4.99 Å². The second-order valence-corrected chi connectivity index (χ2v) is 7.08. The molecule has 0 aliphatic carbocycles. The van der Waals surface area contributed by atoms with Gasteiger partial charge in [-0.1, -0.05) is 0 Å². The number of likely N-dealkylation sites (tertiary alicyclic amines) is 1. The molecule has 0 aromatic rings. The lowest BCUT2D eigenvalue weighted by molar-refractivity contribution is -0.0433. The number of guanidine groups is 1. The van der Waals surface area contributed by atoms with Gasteiger partial charge in [-0.2, -0.15) is 0 Å². The molecule has 0 spiro atoms. The summed E-state index contributed by atoms with van der Waals surface area (Å²) in [6, 6.07) is 0.663. The highest BCUT2D eigenvalue weighted by Crippen LogP contribution is 2.22. The van der Waals surface area contributed by atoms with Gasteiger partial charge < -0.3 is 19.7 Å². The van der Waals surface area contributed by atoms with Gasteiger partial charge in [0, 0.05) is 38.8 Å². The molecule has 3 fully saturated rings. The van der Waals surface area contributed by atoms with Gasteiger partial charge in [-0.15, -0.1) is 0 Å². The van der Waals surface area contributed by atoms with Crippen LogP contribution in [-0.2, 0) is 9.47 Å². The van der Waals surface area contributed by atoms with E-state index in [1.165, 1.54) is 19.4 Å². The molecule has 6 heteroatoms. The summed E-state index contributed by atoms with van der Waals surface area (Å²) < 4.78 is 11.8. The van der Waals surface area contributed by atoms with Crippen LogP contribution in [0.3, 0.4) is 0 Å². The molecule has 2 unspecified atom stereocenters. The van der Waals surface area contributed by atoms with Gasteiger partial charge in [-0.25, -0.2) is 0 Å². The molecule has 1 N–H and O–H groups in total. The molecule has 0 radical (unpaired) electrons. The highest BCUT2D eigenvalue weighted by Gasteiger charge is 2.32. The quantitative estimate of drug-likeness (QED) is 0.605. The Morgan fingerprint density at radius 2 is 2.04 bits per heavy atom. The van der Waals surface area contributed by atoms with Crippen molar-refractivity contribution in [2.75, 3.05) is 52.5 Å². The zero-order valence-corrected chi connectivity index (χ0v) is 15.4. The van der Waals surface area contributed by atoms with Crippen LogP contribution >= 0.6 is 0 Å². The third-order valence-corrected chi connectivity index (χ3v) is 5.38. The van der Waals surface area contributed by atoms with E-state index in [-0.39, 0.29) is 6.10 Å². The Labute approximate surface area is 146 Å². The van der Waals surface area contributed by atoms with Gasteiger partial charge in [-0.3, -0.25) is 9.89 Å². The largest absolute Gasteiger partial charge is 0.378 e. The van der Waals surface area contributed by atoms with Crippen molar-refractivity contribution in [1.29, 1.82) is 0 Å². The third kappa shape index (κ3) is 4.61. The molecular weight excluding hydrogens is 304 g/mol. The number of hydrogen-bond donors (Lipinski definition) is 1. The van der Waals surface area contributed by atoms with E-state index in [0.29, 0.717) is 12.1 Å². The SMILES string of the molecule is CCNC(=NCC1CN2CCCC2CO1)N1CCC(OCC)CC1. The van der Waals surface area contributed by atoms with E-state index in [1.807, 2.05) is 0 Å². The lowest BCUT2D eigenvalue weighted by Gasteiger charge is -2.36. The summed E-state index contributed by atoms with van der Waals surface area (Å²) in [6.07, 6.45) is 5.47. The molecule has 3 saturated heterocycles. The maximum Gasteiger partial charge on any atom is 0.194 e. The summed E-state index contributed by atoms with van der Waals surface area (Å²) in [6.45, 7) is 11.9. The van der Waals surface area contributed by atoms with E-state index in [4.69, 9.17) is 14.5 Å². The third-order valence-electron chi connectivity index (χ3n) is 5.38. The van der Waals surface area contributed by atoms with Gasteiger partial charge in [0.1, 0.15) is 0 Å². The van der Waals surface area contributed by atoms with Gasteiger partial charge in [0.05, 0.1) is 25.4 Å². The number of nitrogens with one attached hydrogen (secondary N) is 1. The van der Waals surface area contributed by atoms with Gasteiger partial charge in [0.2, 0.25) is 0 Å². The van der Waals surface area contributed by atoms with Crippen LogP contribution < -0.4 is 5.32 Å². The average molecular weight is 338 g/mol. The number of rotatable bonds is 5. The fourth-order valence-electron chi connectivity index (χ4n) is 4.08. The fraction of sp³-hybridized carbons (Fsp3) is 0.944. The average Bonchev–Trinajstić information content (AvgIpc) is 3.07. The second-order valence-electron chi connectivity index (χ2n) is 7.08. The van der Waals surface area contributed by atoms with E-state index in [0.717, 1.165) is 64.7 Å². The zero-order chi connectivity index (χ0) is 16.8. The maximum absolute atomic E-state index is 6.04. The molecule has 0 saturated carbocycles. The number of fused-ring (bicyclic) bond motifs is 1. The van der Waals surface area contributed by atoms with Crippen LogP contribution in [-0.4, -0.2) is 86.5 Å². The standard InChI is InChI=1S/C18H34N4O2/c1-3-19-18(21-10-7-16(8-11-21)23-4-2)20-12-17-13-22-9-5-6-15(22)14-24-17/h15-17H,3-14H2,1-2H3,(H,19,20). The van der Waals surface area contributed by atoms with Crippen molar-refractivity contribution < 1.29 is 9.47 Å². The maximum atomic E-state index is 6.04. The predicted octanol–water partition coefficient (Wildman–Crippen LogP) is 1.32. The summed E-state index contributed by atoms with van der Waals surface area (Å²) in [7, 11) is 0. The molecule has 24 heavy (non-hydrogen) atoms. The summed E-state index contributed by atoms with van der Waals surface area (Å²) in [5.74, 6) is 1.04. The molecule has 2 atom stereocenters. The van der Waals surface area contributed by atoms with E-state index < -0.39 is 0 Å². The molecule has 3 heterocycles. The van der Waals surface area contributed by atoms with Crippen molar-refractivity contribution >= 4 is 5.96 Å². The number of ether oxygens (including phenoxy) is 2. The first-order chi connectivity index (χ1) is 11.8. The minimum atomic E-state index is 0.244. The van der Waals surface area contributed by atoms with Crippen molar-refractivity contribution in [2.45, 2.75) is 57.8 Å². The second kappa shape index (κ2) is 9.02. The zero-order valence-electron chi connectivity index (χ0n) is 15.4. The Balaban J connectivity index is 1.50. The Hall–Kier alpha value is -0.850. The van der Waals surface area contributed by atoms with Crippen LogP contribution in [0.2, 0.25) is 0 Å². The Morgan fingerprint density at radius 3 is 2.79 bits per heavy atom. The van der Waals surface area contributed by atoms with Crippen molar-refractivity contribution in [3.63, 3.8) is 0 Å². The molecule has 0 aromatic heterocycles. The lowest BCUT2D eigenvalue weighted by Crippen LogP contribution is -2.49. The molecule has 3 aliphatic rings. The van der Waals surface area contributed by atoms with Crippen molar-refractivity contribution in [3.05, 3.63) is 0 Å². The number of piperidine rings is 1. The first-order valence-corrected chi connectivity index (χ1v) is 9.80. The molecule has 0 aromatic carbocycles. The van der Waals surface area contributed by atoms with E-state index in [1.54, 1.807) is 0 Å². The Kier molecular flexibility index (Phi) is 6.75. The van der Waals surface area contributed by atoms with Gasteiger partial charge >= 0.3 is 0 Å². The first kappa shape index (κ1) is 18.0.